The first-order valence-corrected chi connectivity index (χ1v) is 5.90. The first-order chi connectivity index (χ1) is 9.60. The second-order valence-electron chi connectivity index (χ2n) is 4.11. The van der Waals surface area contributed by atoms with Gasteiger partial charge in [0.1, 0.15) is 0 Å². The molecule has 1 aromatic carbocycles. The third kappa shape index (κ3) is 3.29. The van der Waals surface area contributed by atoms with E-state index in [1.807, 2.05) is 0 Å². The SMILES string of the molecule is O=[N+]([O-])c1ccc(NCc2cnn(CCO)c2)c(F)c1. The van der Waals surface area contributed by atoms with Crippen LogP contribution in [0.2, 0.25) is 0 Å². The monoisotopic (exact) mass is 280 g/mol. The number of anilines is 1. The van der Waals surface area contributed by atoms with Crippen LogP contribution in [0.25, 0.3) is 0 Å². The summed E-state index contributed by atoms with van der Waals surface area (Å²) in [4.78, 5) is 9.85. The molecular weight excluding hydrogens is 267 g/mol. The standard InChI is InChI=1S/C12H13FN4O3/c13-11-5-10(17(19)20)1-2-12(11)14-6-9-7-15-16(8-9)3-4-18/h1-2,5,7-8,14,18H,3-4,6H2. The van der Waals surface area contributed by atoms with Gasteiger partial charge in [0, 0.05) is 24.4 Å². The van der Waals surface area contributed by atoms with Crippen LogP contribution < -0.4 is 5.32 Å². The number of nitro benzene ring substituents is 1. The van der Waals surface area contributed by atoms with Gasteiger partial charge < -0.3 is 10.4 Å². The number of aliphatic hydroxyl groups excluding tert-OH is 1. The smallest absolute Gasteiger partial charge is 0.272 e. The summed E-state index contributed by atoms with van der Waals surface area (Å²) in [7, 11) is 0. The van der Waals surface area contributed by atoms with Crippen LogP contribution in [0.5, 0.6) is 0 Å². The van der Waals surface area contributed by atoms with Crippen molar-refractivity contribution in [1.82, 2.24) is 9.78 Å². The van der Waals surface area contributed by atoms with Crippen molar-refractivity contribution >= 4 is 11.4 Å². The Morgan fingerprint density at radius 2 is 2.30 bits per heavy atom. The molecule has 0 atom stereocenters. The normalized spacial score (nSPS) is 10.5. The van der Waals surface area contributed by atoms with Crippen LogP contribution in [0.3, 0.4) is 0 Å². The predicted molar refractivity (Wildman–Crippen MR) is 69.7 cm³/mol. The Balaban J connectivity index is 2.01. The molecule has 0 saturated heterocycles. The number of aromatic nitrogens is 2. The van der Waals surface area contributed by atoms with Crippen LogP contribution in [0.4, 0.5) is 15.8 Å². The predicted octanol–water partition coefficient (Wildman–Crippen LogP) is 1.53. The van der Waals surface area contributed by atoms with E-state index in [1.165, 1.54) is 12.1 Å². The lowest BCUT2D eigenvalue weighted by molar-refractivity contribution is -0.385. The van der Waals surface area contributed by atoms with Crippen LogP contribution in [-0.4, -0.2) is 26.4 Å². The summed E-state index contributed by atoms with van der Waals surface area (Å²) in [5, 5.41) is 26.1. The van der Waals surface area contributed by atoms with E-state index in [2.05, 4.69) is 10.4 Å². The minimum atomic E-state index is -0.679. The largest absolute Gasteiger partial charge is 0.394 e. The molecule has 106 valence electrons. The molecule has 0 amide bonds. The van der Waals surface area contributed by atoms with Gasteiger partial charge in [-0.1, -0.05) is 0 Å². The van der Waals surface area contributed by atoms with Crippen LogP contribution in [0.15, 0.2) is 30.6 Å². The van der Waals surface area contributed by atoms with Gasteiger partial charge >= 0.3 is 0 Å². The molecule has 2 rings (SSSR count). The molecule has 0 aliphatic carbocycles. The number of rotatable bonds is 6. The molecule has 8 heteroatoms. The maximum atomic E-state index is 13.6. The number of nitro groups is 1. The summed E-state index contributed by atoms with van der Waals surface area (Å²) in [6.07, 6.45) is 3.33. The highest BCUT2D eigenvalue weighted by Crippen LogP contribution is 2.20. The van der Waals surface area contributed by atoms with Crippen molar-refractivity contribution in [2.75, 3.05) is 11.9 Å². The molecule has 1 aromatic heterocycles. The molecule has 0 unspecified atom stereocenters. The molecule has 20 heavy (non-hydrogen) atoms. The first-order valence-electron chi connectivity index (χ1n) is 5.90. The van der Waals surface area contributed by atoms with Gasteiger partial charge in [-0.2, -0.15) is 5.10 Å². The first kappa shape index (κ1) is 13.9. The van der Waals surface area contributed by atoms with Gasteiger partial charge in [0.15, 0.2) is 5.82 Å². The summed E-state index contributed by atoms with van der Waals surface area (Å²) in [5.74, 6) is -0.679. The minimum Gasteiger partial charge on any atom is -0.394 e. The Kier molecular flexibility index (Phi) is 4.26. The van der Waals surface area contributed by atoms with Gasteiger partial charge in [-0.15, -0.1) is 0 Å². The van der Waals surface area contributed by atoms with Gasteiger partial charge in [0.2, 0.25) is 0 Å². The number of non-ortho nitro benzene ring substituents is 1. The lowest BCUT2D eigenvalue weighted by Crippen LogP contribution is -2.03. The Hall–Kier alpha value is -2.48. The van der Waals surface area contributed by atoms with E-state index in [-0.39, 0.29) is 18.0 Å². The molecule has 0 spiro atoms. The number of hydrogen-bond acceptors (Lipinski definition) is 5. The minimum absolute atomic E-state index is 0.00840. The Bertz CT molecular complexity index is 614. The number of nitrogens with zero attached hydrogens (tertiary/aromatic N) is 3. The average Bonchev–Trinajstić information content (AvgIpc) is 2.85. The summed E-state index contributed by atoms with van der Waals surface area (Å²) >= 11 is 0. The fourth-order valence-corrected chi connectivity index (χ4v) is 1.68. The molecule has 0 aliphatic rings. The van der Waals surface area contributed by atoms with E-state index in [9.17, 15) is 14.5 Å². The Morgan fingerprint density at radius 1 is 1.50 bits per heavy atom. The summed E-state index contributed by atoms with van der Waals surface area (Å²) in [5.41, 5.74) is 0.713. The van der Waals surface area contributed by atoms with Crippen LogP contribution in [-0.2, 0) is 13.1 Å². The van der Waals surface area contributed by atoms with Gasteiger partial charge in [-0.05, 0) is 6.07 Å². The van der Waals surface area contributed by atoms with Crippen LogP contribution >= 0.6 is 0 Å². The van der Waals surface area contributed by atoms with Crippen LogP contribution in [0.1, 0.15) is 5.56 Å². The molecule has 0 fully saturated rings. The second-order valence-corrected chi connectivity index (χ2v) is 4.11. The van der Waals surface area contributed by atoms with Crippen LogP contribution in [0, 0.1) is 15.9 Å². The van der Waals surface area contributed by atoms with E-state index in [4.69, 9.17) is 5.11 Å². The molecule has 0 radical (unpaired) electrons. The Morgan fingerprint density at radius 3 is 2.95 bits per heavy atom. The fourth-order valence-electron chi connectivity index (χ4n) is 1.68. The van der Waals surface area contributed by atoms with E-state index >= 15 is 0 Å². The molecule has 0 saturated carbocycles. The number of benzene rings is 1. The highest BCUT2D eigenvalue weighted by molar-refractivity contribution is 5.50. The average molecular weight is 280 g/mol. The lowest BCUT2D eigenvalue weighted by atomic mass is 10.2. The van der Waals surface area contributed by atoms with Crippen molar-refractivity contribution in [3.8, 4) is 0 Å². The molecule has 2 aromatic rings. The Labute approximate surface area is 113 Å². The van der Waals surface area contributed by atoms with E-state index in [0.717, 1.165) is 11.6 Å². The fraction of sp³-hybridized carbons (Fsp3) is 0.250. The molecule has 0 bridgehead atoms. The molecule has 2 N–H and O–H groups in total. The molecule has 0 aliphatic heterocycles. The van der Waals surface area contributed by atoms with Gasteiger partial charge in [-0.3, -0.25) is 14.8 Å². The van der Waals surface area contributed by atoms with Gasteiger partial charge in [0.25, 0.3) is 5.69 Å². The summed E-state index contributed by atoms with van der Waals surface area (Å²) < 4.78 is 15.2. The summed E-state index contributed by atoms with van der Waals surface area (Å²) in [6, 6.07) is 3.43. The molecular formula is C12H13FN4O3. The van der Waals surface area contributed by atoms with Gasteiger partial charge in [-0.25, -0.2) is 4.39 Å². The van der Waals surface area contributed by atoms with Crippen molar-refractivity contribution in [2.45, 2.75) is 13.1 Å². The van der Waals surface area contributed by atoms with E-state index in [0.29, 0.717) is 13.1 Å². The second kappa shape index (κ2) is 6.11. The highest BCUT2D eigenvalue weighted by Gasteiger charge is 2.10. The zero-order valence-corrected chi connectivity index (χ0v) is 10.5. The van der Waals surface area contributed by atoms with Crippen molar-refractivity contribution in [1.29, 1.82) is 0 Å². The molecule has 7 nitrogen and oxygen atoms in total. The number of nitrogens with one attached hydrogen (secondary N) is 1. The quantitative estimate of drug-likeness (QED) is 0.618. The highest BCUT2D eigenvalue weighted by atomic mass is 19.1. The van der Waals surface area contributed by atoms with Crippen molar-refractivity contribution < 1.29 is 14.4 Å². The van der Waals surface area contributed by atoms with Gasteiger partial charge in [0.05, 0.1) is 36.0 Å². The molecule has 1 heterocycles. The summed E-state index contributed by atoms with van der Waals surface area (Å²) in [6.45, 7) is 0.720. The third-order valence-corrected chi connectivity index (χ3v) is 2.66. The zero-order chi connectivity index (χ0) is 14.5. The van der Waals surface area contributed by atoms with E-state index < -0.39 is 10.7 Å². The number of hydrogen-bond donors (Lipinski definition) is 2. The maximum Gasteiger partial charge on any atom is 0.272 e. The number of aliphatic hydroxyl groups is 1. The van der Waals surface area contributed by atoms with E-state index in [1.54, 1.807) is 17.1 Å². The number of halogens is 1. The zero-order valence-electron chi connectivity index (χ0n) is 10.5. The van der Waals surface area contributed by atoms with Crippen molar-refractivity contribution in [3.63, 3.8) is 0 Å². The van der Waals surface area contributed by atoms with Crippen molar-refractivity contribution in [2.24, 2.45) is 0 Å². The third-order valence-electron chi connectivity index (χ3n) is 2.66. The van der Waals surface area contributed by atoms with Crippen molar-refractivity contribution in [3.05, 3.63) is 52.1 Å². The topological polar surface area (TPSA) is 93.2 Å². The lowest BCUT2D eigenvalue weighted by Gasteiger charge is -2.05. The maximum absolute atomic E-state index is 13.6.